The summed E-state index contributed by atoms with van der Waals surface area (Å²) >= 11 is -0.189. The standard InChI is InChI=1S/C13H17F3N2OS/c1-3-8(2)18-11(12(17)19)9-4-6-10(7-5-9)20-13(14,15)16/h4-8,11,18H,3H2,1-2H3,(H2,17,19). The number of hydrogen-bond acceptors (Lipinski definition) is 3. The van der Waals surface area contributed by atoms with Crippen molar-refractivity contribution >= 4 is 17.7 Å². The number of primary amides is 1. The summed E-state index contributed by atoms with van der Waals surface area (Å²) in [5.74, 6) is -0.554. The van der Waals surface area contributed by atoms with Crippen LogP contribution >= 0.6 is 11.8 Å². The molecule has 0 saturated heterocycles. The van der Waals surface area contributed by atoms with Crippen molar-refractivity contribution in [2.45, 2.75) is 42.8 Å². The molecule has 0 heterocycles. The Hall–Kier alpha value is -1.21. The average Bonchev–Trinajstić information content (AvgIpc) is 2.34. The molecule has 1 amide bonds. The van der Waals surface area contributed by atoms with E-state index in [4.69, 9.17) is 5.73 Å². The van der Waals surface area contributed by atoms with Crippen LogP contribution < -0.4 is 11.1 Å². The fraction of sp³-hybridized carbons (Fsp3) is 0.462. The highest BCUT2D eigenvalue weighted by Crippen LogP contribution is 2.37. The number of hydrogen-bond donors (Lipinski definition) is 2. The van der Waals surface area contributed by atoms with E-state index in [1.165, 1.54) is 24.3 Å². The number of amides is 1. The van der Waals surface area contributed by atoms with Gasteiger partial charge in [0.1, 0.15) is 6.04 Å². The molecule has 7 heteroatoms. The second-order valence-corrected chi connectivity index (χ2v) is 5.57. The van der Waals surface area contributed by atoms with Gasteiger partial charge in [0, 0.05) is 10.9 Å². The predicted molar refractivity (Wildman–Crippen MR) is 73.2 cm³/mol. The number of halogens is 3. The van der Waals surface area contributed by atoms with Crippen molar-refractivity contribution < 1.29 is 18.0 Å². The van der Waals surface area contributed by atoms with Gasteiger partial charge >= 0.3 is 5.51 Å². The van der Waals surface area contributed by atoms with Gasteiger partial charge in [-0.2, -0.15) is 13.2 Å². The monoisotopic (exact) mass is 306 g/mol. The van der Waals surface area contributed by atoms with Crippen LogP contribution in [0.25, 0.3) is 0 Å². The summed E-state index contributed by atoms with van der Waals surface area (Å²) in [4.78, 5) is 11.5. The molecule has 0 aliphatic heterocycles. The summed E-state index contributed by atoms with van der Waals surface area (Å²) in [6, 6.07) is 5.02. The summed E-state index contributed by atoms with van der Waals surface area (Å²) < 4.78 is 36.7. The van der Waals surface area contributed by atoms with E-state index >= 15 is 0 Å². The Balaban J connectivity index is 2.85. The molecule has 1 aromatic carbocycles. The Labute approximate surface area is 120 Å². The molecule has 20 heavy (non-hydrogen) atoms. The van der Waals surface area contributed by atoms with E-state index in [1.807, 2.05) is 13.8 Å². The molecule has 3 N–H and O–H groups in total. The number of carbonyl (C=O) groups excluding carboxylic acids is 1. The van der Waals surface area contributed by atoms with E-state index in [9.17, 15) is 18.0 Å². The Bertz CT molecular complexity index is 448. The smallest absolute Gasteiger partial charge is 0.368 e. The predicted octanol–water partition coefficient (Wildman–Crippen LogP) is 3.21. The highest BCUT2D eigenvalue weighted by Gasteiger charge is 2.29. The minimum atomic E-state index is -4.32. The number of carbonyl (C=O) groups is 1. The second kappa shape index (κ2) is 6.99. The lowest BCUT2D eigenvalue weighted by Crippen LogP contribution is -2.38. The fourth-order valence-corrected chi connectivity index (χ4v) is 2.15. The Morgan fingerprint density at radius 2 is 1.90 bits per heavy atom. The SMILES string of the molecule is CCC(C)NC(C(N)=O)c1ccc(SC(F)(F)F)cc1. The van der Waals surface area contributed by atoms with Crippen molar-refractivity contribution in [2.24, 2.45) is 5.73 Å². The topological polar surface area (TPSA) is 55.1 Å². The minimum Gasteiger partial charge on any atom is -0.368 e. The van der Waals surface area contributed by atoms with Gasteiger partial charge in [-0.25, -0.2) is 0 Å². The number of nitrogens with one attached hydrogen (secondary N) is 1. The molecule has 0 spiro atoms. The largest absolute Gasteiger partial charge is 0.446 e. The summed E-state index contributed by atoms with van der Waals surface area (Å²) in [5.41, 5.74) is 1.56. The summed E-state index contributed by atoms with van der Waals surface area (Å²) in [5, 5.41) is 3.05. The van der Waals surface area contributed by atoms with Crippen molar-refractivity contribution in [3.8, 4) is 0 Å². The van der Waals surface area contributed by atoms with Crippen LogP contribution in [-0.4, -0.2) is 17.5 Å². The van der Waals surface area contributed by atoms with Gasteiger partial charge in [-0.3, -0.25) is 10.1 Å². The molecule has 0 aliphatic rings. The van der Waals surface area contributed by atoms with Crippen molar-refractivity contribution in [1.82, 2.24) is 5.32 Å². The average molecular weight is 306 g/mol. The number of nitrogens with two attached hydrogens (primary N) is 1. The Morgan fingerprint density at radius 1 is 1.35 bits per heavy atom. The number of thioether (sulfide) groups is 1. The van der Waals surface area contributed by atoms with Gasteiger partial charge in [0.2, 0.25) is 5.91 Å². The molecular formula is C13H17F3N2OS. The van der Waals surface area contributed by atoms with Crippen LogP contribution in [0.2, 0.25) is 0 Å². The number of benzene rings is 1. The maximum Gasteiger partial charge on any atom is 0.446 e. The van der Waals surface area contributed by atoms with Crippen molar-refractivity contribution in [3.63, 3.8) is 0 Å². The van der Waals surface area contributed by atoms with Crippen LogP contribution in [0.15, 0.2) is 29.2 Å². The van der Waals surface area contributed by atoms with Gasteiger partial charge < -0.3 is 5.73 Å². The molecule has 0 fully saturated rings. The highest BCUT2D eigenvalue weighted by molar-refractivity contribution is 8.00. The summed E-state index contributed by atoms with van der Waals surface area (Å²) in [6.45, 7) is 3.86. The van der Waals surface area contributed by atoms with Crippen LogP contribution in [0.3, 0.4) is 0 Å². The first-order valence-electron chi connectivity index (χ1n) is 6.14. The van der Waals surface area contributed by atoms with Gasteiger partial charge in [0.25, 0.3) is 0 Å². The fourth-order valence-electron chi connectivity index (χ4n) is 1.61. The molecule has 0 aliphatic carbocycles. The third-order valence-corrected chi connectivity index (χ3v) is 3.53. The lowest BCUT2D eigenvalue weighted by molar-refractivity contribution is -0.120. The lowest BCUT2D eigenvalue weighted by Gasteiger charge is -2.20. The van der Waals surface area contributed by atoms with Gasteiger partial charge in [-0.1, -0.05) is 19.1 Å². The molecule has 0 radical (unpaired) electrons. The number of alkyl halides is 3. The highest BCUT2D eigenvalue weighted by atomic mass is 32.2. The molecule has 0 aromatic heterocycles. The molecule has 112 valence electrons. The van der Waals surface area contributed by atoms with Crippen molar-refractivity contribution in [1.29, 1.82) is 0 Å². The molecular weight excluding hydrogens is 289 g/mol. The second-order valence-electron chi connectivity index (χ2n) is 4.43. The quantitative estimate of drug-likeness (QED) is 0.794. The Morgan fingerprint density at radius 3 is 2.30 bits per heavy atom. The zero-order valence-corrected chi connectivity index (χ0v) is 12.0. The molecule has 1 aromatic rings. The summed E-state index contributed by atoms with van der Waals surface area (Å²) in [7, 11) is 0. The molecule has 0 saturated carbocycles. The first-order valence-corrected chi connectivity index (χ1v) is 6.95. The van der Waals surface area contributed by atoms with Gasteiger partial charge in [-0.15, -0.1) is 0 Å². The van der Waals surface area contributed by atoms with Crippen LogP contribution in [-0.2, 0) is 4.79 Å². The third kappa shape index (κ3) is 5.42. The molecule has 1 rings (SSSR count). The first-order chi connectivity index (χ1) is 9.23. The van der Waals surface area contributed by atoms with Gasteiger partial charge in [0.15, 0.2) is 0 Å². The van der Waals surface area contributed by atoms with E-state index in [1.54, 1.807) is 0 Å². The summed E-state index contributed by atoms with van der Waals surface area (Å²) in [6.07, 6.45) is 0.811. The molecule has 2 unspecified atom stereocenters. The zero-order chi connectivity index (χ0) is 15.3. The van der Waals surface area contributed by atoms with Crippen LogP contribution in [0, 0.1) is 0 Å². The Kier molecular flexibility index (Phi) is 5.88. The zero-order valence-electron chi connectivity index (χ0n) is 11.2. The first kappa shape index (κ1) is 16.8. The van der Waals surface area contributed by atoms with Crippen LogP contribution in [0.5, 0.6) is 0 Å². The van der Waals surface area contributed by atoms with Crippen molar-refractivity contribution in [3.05, 3.63) is 29.8 Å². The maximum absolute atomic E-state index is 12.2. The minimum absolute atomic E-state index is 0.0769. The molecule has 3 nitrogen and oxygen atoms in total. The van der Waals surface area contributed by atoms with E-state index in [0.717, 1.165) is 6.42 Å². The van der Waals surface area contributed by atoms with E-state index < -0.39 is 17.5 Å². The normalized spacial score (nSPS) is 14.8. The van der Waals surface area contributed by atoms with Crippen molar-refractivity contribution in [2.75, 3.05) is 0 Å². The maximum atomic E-state index is 12.2. The van der Waals surface area contributed by atoms with Crippen LogP contribution in [0.4, 0.5) is 13.2 Å². The van der Waals surface area contributed by atoms with Crippen LogP contribution in [0.1, 0.15) is 31.9 Å². The van der Waals surface area contributed by atoms with Gasteiger partial charge in [-0.05, 0) is 42.8 Å². The molecule has 0 bridgehead atoms. The third-order valence-electron chi connectivity index (χ3n) is 2.80. The van der Waals surface area contributed by atoms with E-state index in [-0.39, 0.29) is 22.7 Å². The van der Waals surface area contributed by atoms with E-state index in [0.29, 0.717) is 5.56 Å². The lowest BCUT2D eigenvalue weighted by atomic mass is 10.1. The molecule has 2 atom stereocenters. The van der Waals surface area contributed by atoms with E-state index in [2.05, 4.69) is 5.32 Å². The van der Waals surface area contributed by atoms with Gasteiger partial charge in [0.05, 0.1) is 0 Å². The number of rotatable bonds is 6.